The van der Waals surface area contributed by atoms with E-state index in [1.54, 1.807) is 58.4 Å². The number of carbonyl (C=O) groups excluding carboxylic acids is 1. The van der Waals surface area contributed by atoms with Crippen LogP contribution in [0.3, 0.4) is 0 Å². The molecule has 3 aromatic heterocycles. The van der Waals surface area contributed by atoms with E-state index in [1.807, 2.05) is 48.5 Å². The van der Waals surface area contributed by atoms with Gasteiger partial charge in [0.05, 0.1) is 23.3 Å². The average molecular weight is 441 g/mol. The van der Waals surface area contributed by atoms with Crippen molar-refractivity contribution in [2.24, 2.45) is 0 Å². The number of hydrogen-bond donors (Lipinski definition) is 1. The Morgan fingerprint density at radius 2 is 1.78 bits per heavy atom. The molecule has 0 aliphatic carbocycles. The van der Waals surface area contributed by atoms with Crippen molar-refractivity contribution >= 4 is 23.2 Å². The third-order valence-electron chi connectivity index (χ3n) is 4.86. The van der Waals surface area contributed by atoms with Crippen LogP contribution in [0.25, 0.3) is 22.8 Å². The number of rotatable bonds is 5. The minimum Gasteiger partial charge on any atom is -0.319 e. The highest BCUT2D eigenvalue weighted by Crippen LogP contribution is 2.24. The number of carbonyl (C=O) groups is 1. The predicted molar refractivity (Wildman–Crippen MR) is 123 cm³/mol. The number of imidazole rings is 1. The summed E-state index contributed by atoms with van der Waals surface area (Å²) in [5, 5.41) is 8.22. The zero-order valence-electron chi connectivity index (χ0n) is 16.8. The summed E-state index contributed by atoms with van der Waals surface area (Å²) in [6.45, 7) is 0. The van der Waals surface area contributed by atoms with Crippen molar-refractivity contribution < 1.29 is 4.79 Å². The summed E-state index contributed by atoms with van der Waals surface area (Å²) in [7, 11) is 0. The summed E-state index contributed by atoms with van der Waals surface area (Å²) < 4.78 is 3.42. The summed E-state index contributed by atoms with van der Waals surface area (Å²) >= 11 is 6.02. The molecule has 1 N–H and O–H groups in total. The van der Waals surface area contributed by atoms with Gasteiger partial charge in [-0.3, -0.25) is 9.36 Å². The Morgan fingerprint density at radius 3 is 2.47 bits per heavy atom. The first kappa shape index (κ1) is 19.7. The monoisotopic (exact) mass is 440 g/mol. The van der Waals surface area contributed by atoms with Crippen LogP contribution in [0, 0.1) is 0 Å². The van der Waals surface area contributed by atoms with E-state index in [4.69, 9.17) is 11.6 Å². The predicted octanol–water partition coefficient (Wildman–Crippen LogP) is 5.03. The fraction of sp³-hybridized carbons (Fsp3) is 0. The molecule has 0 aliphatic heterocycles. The number of benzene rings is 2. The molecule has 0 fully saturated rings. The molecule has 7 nitrogen and oxygen atoms in total. The number of hydrogen-bond acceptors (Lipinski definition) is 4. The van der Waals surface area contributed by atoms with Gasteiger partial charge in [-0.1, -0.05) is 41.9 Å². The summed E-state index contributed by atoms with van der Waals surface area (Å²) in [5.74, 6) is 0.415. The molecule has 1 amide bonds. The molecule has 0 saturated heterocycles. The van der Waals surface area contributed by atoms with Gasteiger partial charge < -0.3 is 5.32 Å². The molecule has 0 spiro atoms. The molecular weight excluding hydrogens is 424 g/mol. The highest BCUT2D eigenvalue weighted by Gasteiger charge is 2.18. The van der Waals surface area contributed by atoms with Gasteiger partial charge in [0.25, 0.3) is 5.91 Å². The zero-order valence-corrected chi connectivity index (χ0v) is 17.5. The van der Waals surface area contributed by atoms with E-state index in [9.17, 15) is 4.79 Å². The molecule has 5 rings (SSSR count). The molecule has 32 heavy (non-hydrogen) atoms. The maximum atomic E-state index is 13.2. The zero-order chi connectivity index (χ0) is 21.9. The van der Waals surface area contributed by atoms with Crippen LogP contribution >= 0.6 is 11.6 Å². The van der Waals surface area contributed by atoms with Gasteiger partial charge in [-0.2, -0.15) is 5.10 Å². The van der Waals surface area contributed by atoms with Gasteiger partial charge in [-0.25, -0.2) is 14.6 Å². The number of halogens is 1. The van der Waals surface area contributed by atoms with Crippen molar-refractivity contribution in [2.75, 3.05) is 5.32 Å². The molecule has 3 heterocycles. The number of nitrogens with one attached hydrogen (secondary N) is 1. The molecule has 0 bridgehead atoms. The van der Waals surface area contributed by atoms with E-state index in [1.165, 1.54) is 0 Å². The largest absolute Gasteiger partial charge is 0.319 e. The van der Waals surface area contributed by atoms with Crippen molar-refractivity contribution in [1.29, 1.82) is 0 Å². The smallest absolute Gasteiger partial charge is 0.274 e. The SMILES string of the molecule is O=C(Nc1ccc(-n2ccnc2)nc1)c1cc(-c2ccc(Cl)cc2)nn1-c1ccccc1. The van der Waals surface area contributed by atoms with Crippen LogP contribution in [0.1, 0.15) is 10.5 Å². The quantitative estimate of drug-likeness (QED) is 0.416. The average Bonchev–Trinajstić information content (AvgIpc) is 3.52. The Balaban J connectivity index is 1.47. The van der Waals surface area contributed by atoms with Crippen LogP contribution in [0.15, 0.2) is 97.7 Å². The number of aromatic nitrogens is 5. The van der Waals surface area contributed by atoms with Gasteiger partial charge in [-0.05, 0) is 42.5 Å². The maximum Gasteiger partial charge on any atom is 0.274 e. The molecule has 0 atom stereocenters. The molecule has 8 heteroatoms. The molecule has 0 radical (unpaired) electrons. The molecular formula is C24H17ClN6O. The molecule has 2 aromatic carbocycles. The summed E-state index contributed by atoms with van der Waals surface area (Å²) in [4.78, 5) is 21.6. The summed E-state index contributed by atoms with van der Waals surface area (Å²) in [5.41, 5.74) is 3.30. The highest BCUT2D eigenvalue weighted by atomic mass is 35.5. The van der Waals surface area contributed by atoms with Crippen molar-refractivity contribution in [2.45, 2.75) is 0 Å². The Kier molecular flexibility index (Phi) is 5.23. The Hall–Kier alpha value is -4.23. The number of para-hydroxylation sites is 1. The number of nitrogens with zero attached hydrogens (tertiary/aromatic N) is 5. The molecule has 0 aliphatic rings. The lowest BCUT2D eigenvalue weighted by Gasteiger charge is -2.09. The van der Waals surface area contributed by atoms with Crippen molar-refractivity contribution in [3.8, 4) is 22.8 Å². The first-order chi connectivity index (χ1) is 15.7. The highest BCUT2D eigenvalue weighted by molar-refractivity contribution is 6.30. The van der Waals surface area contributed by atoms with Crippen LogP contribution in [0.4, 0.5) is 5.69 Å². The van der Waals surface area contributed by atoms with Crippen LogP contribution in [-0.4, -0.2) is 30.2 Å². The third-order valence-corrected chi connectivity index (χ3v) is 5.11. The third kappa shape index (κ3) is 4.01. The lowest BCUT2D eigenvalue weighted by atomic mass is 10.1. The minimum absolute atomic E-state index is 0.293. The van der Waals surface area contributed by atoms with Gasteiger partial charge >= 0.3 is 0 Å². The number of amides is 1. The normalized spacial score (nSPS) is 10.8. The van der Waals surface area contributed by atoms with Gasteiger partial charge in [0.15, 0.2) is 0 Å². The Labute approximate surface area is 189 Å². The van der Waals surface area contributed by atoms with E-state index in [0.717, 1.165) is 11.3 Å². The fourth-order valence-electron chi connectivity index (χ4n) is 3.27. The summed E-state index contributed by atoms with van der Waals surface area (Å²) in [6.07, 6.45) is 6.76. The number of pyridine rings is 1. The lowest BCUT2D eigenvalue weighted by Crippen LogP contribution is -2.17. The van der Waals surface area contributed by atoms with E-state index < -0.39 is 0 Å². The lowest BCUT2D eigenvalue weighted by molar-refractivity contribution is 0.101. The second-order valence-electron chi connectivity index (χ2n) is 7.00. The molecule has 5 aromatic rings. The molecule has 156 valence electrons. The molecule has 0 saturated carbocycles. The summed E-state index contributed by atoms with van der Waals surface area (Å²) in [6, 6.07) is 22.2. The van der Waals surface area contributed by atoms with Crippen LogP contribution in [0.5, 0.6) is 0 Å². The second kappa shape index (κ2) is 8.49. The van der Waals surface area contributed by atoms with E-state index in [2.05, 4.69) is 20.4 Å². The van der Waals surface area contributed by atoms with Crippen LogP contribution in [0.2, 0.25) is 5.02 Å². The standard InChI is InChI=1S/C24H17ClN6O/c25-18-8-6-17(7-9-18)21-14-22(31(29-21)20-4-2-1-3-5-20)24(32)28-19-10-11-23(27-15-19)30-13-12-26-16-30/h1-16H,(H,28,32). The van der Waals surface area contributed by atoms with Crippen molar-refractivity contribution in [3.05, 3.63) is 108 Å². The van der Waals surface area contributed by atoms with Gasteiger partial charge in [0.1, 0.15) is 17.8 Å². The first-order valence-electron chi connectivity index (χ1n) is 9.84. The Morgan fingerprint density at radius 1 is 0.969 bits per heavy atom. The van der Waals surface area contributed by atoms with Gasteiger partial charge in [-0.15, -0.1) is 0 Å². The first-order valence-corrected chi connectivity index (χ1v) is 10.2. The van der Waals surface area contributed by atoms with E-state index in [-0.39, 0.29) is 5.91 Å². The van der Waals surface area contributed by atoms with E-state index >= 15 is 0 Å². The van der Waals surface area contributed by atoms with Gasteiger partial charge in [0, 0.05) is 23.0 Å². The fourth-order valence-corrected chi connectivity index (χ4v) is 3.40. The van der Waals surface area contributed by atoms with Crippen molar-refractivity contribution in [3.63, 3.8) is 0 Å². The Bertz CT molecular complexity index is 1340. The second-order valence-corrected chi connectivity index (χ2v) is 7.43. The van der Waals surface area contributed by atoms with Crippen LogP contribution in [-0.2, 0) is 0 Å². The van der Waals surface area contributed by atoms with Gasteiger partial charge in [0.2, 0.25) is 0 Å². The van der Waals surface area contributed by atoms with E-state index in [0.29, 0.717) is 27.9 Å². The molecule has 0 unspecified atom stereocenters. The minimum atomic E-state index is -0.293. The van der Waals surface area contributed by atoms with Crippen LogP contribution < -0.4 is 5.32 Å². The maximum absolute atomic E-state index is 13.2. The topological polar surface area (TPSA) is 77.6 Å². The number of anilines is 1. The van der Waals surface area contributed by atoms with Crippen molar-refractivity contribution in [1.82, 2.24) is 24.3 Å².